The standard InChI is InChI=1S/C12H22O3/c1-10(7-5-6-8-13)9-11(14)15-12(2,3)4/h5,7,10,13H,6,8-9H2,1-4H3/b7-5+/t10-/m1/s1. The van der Waals surface area contributed by atoms with Crippen LogP contribution in [0.5, 0.6) is 0 Å². The number of carbonyl (C=O) groups is 1. The van der Waals surface area contributed by atoms with E-state index in [1.54, 1.807) is 0 Å². The van der Waals surface area contributed by atoms with Crippen molar-refractivity contribution in [1.82, 2.24) is 0 Å². The van der Waals surface area contributed by atoms with Crippen LogP contribution in [0, 0.1) is 5.92 Å². The maximum Gasteiger partial charge on any atom is 0.306 e. The van der Waals surface area contributed by atoms with Crippen molar-refractivity contribution in [3.8, 4) is 0 Å². The van der Waals surface area contributed by atoms with E-state index < -0.39 is 5.60 Å². The third-order valence-electron chi connectivity index (χ3n) is 1.67. The third kappa shape index (κ3) is 9.47. The van der Waals surface area contributed by atoms with E-state index in [0.717, 1.165) is 0 Å². The normalized spacial score (nSPS) is 14.2. The molecule has 0 aliphatic heterocycles. The molecule has 0 saturated heterocycles. The first-order chi connectivity index (χ1) is 6.85. The number of allylic oxidation sites excluding steroid dienone is 1. The van der Waals surface area contributed by atoms with E-state index in [0.29, 0.717) is 12.8 Å². The highest BCUT2D eigenvalue weighted by atomic mass is 16.6. The summed E-state index contributed by atoms with van der Waals surface area (Å²) >= 11 is 0. The molecule has 15 heavy (non-hydrogen) atoms. The van der Waals surface area contributed by atoms with Gasteiger partial charge in [0.15, 0.2) is 0 Å². The molecule has 0 heterocycles. The fourth-order valence-electron chi connectivity index (χ4n) is 1.12. The molecule has 3 heteroatoms. The number of rotatable bonds is 5. The molecule has 3 nitrogen and oxygen atoms in total. The zero-order valence-electron chi connectivity index (χ0n) is 10.1. The van der Waals surface area contributed by atoms with Crippen molar-refractivity contribution in [2.75, 3.05) is 6.61 Å². The number of ether oxygens (including phenoxy) is 1. The number of aliphatic hydroxyl groups excluding tert-OH is 1. The summed E-state index contributed by atoms with van der Waals surface area (Å²) in [7, 11) is 0. The summed E-state index contributed by atoms with van der Waals surface area (Å²) in [5, 5.41) is 8.57. The summed E-state index contributed by atoms with van der Waals surface area (Å²) in [5.41, 5.74) is -0.411. The maximum atomic E-state index is 11.4. The van der Waals surface area contributed by atoms with E-state index >= 15 is 0 Å². The van der Waals surface area contributed by atoms with Crippen LogP contribution in [-0.2, 0) is 9.53 Å². The van der Waals surface area contributed by atoms with Gasteiger partial charge in [-0.15, -0.1) is 0 Å². The van der Waals surface area contributed by atoms with Crippen LogP contribution in [0.15, 0.2) is 12.2 Å². The fraction of sp³-hybridized carbons (Fsp3) is 0.750. The van der Waals surface area contributed by atoms with Crippen LogP contribution in [-0.4, -0.2) is 23.3 Å². The van der Waals surface area contributed by atoms with Crippen molar-refractivity contribution in [1.29, 1.82) is 0 Å². The first kappa shape index (κ1) is 14.2. The summed E-state index contributed by atoms with van der Waals surface area (Å²) in [4.78, 5) is 11.4. The summed E-state index contributed by atoms with van der Waals surface area (Å²) in [6.45, 7) is 7.68. The van der Waals surface area contributed by atoms with Gasteiger partial charge in [0.05, 0.1) is 6.42 Å². The van der Waals surface area contributed by atoms with Crippen molar-refractivity contribution in [3.63, 3.8) is 0 Å². The van der Waals surface area contributed by atoms with Gasteiger partial charge in [0, 0.05) is 6.61 Å². The molecule has 0 saturated carbocycles. The predicted octanol–water partition coefficient (Wildman–Crippen LogP) is 2.29. The van der Waals surface area contributed by atoms with E-state index in [1.807, 2.05) is 39.8 Å². The van der Waals surface area contributed by atoms with E-state index in [4.69, 9.17) is 9.84 Å². The Kier molecular flexibility index (Phi) is 6.25. The first-order valence-electron chi connectivity index (χ1n) is 5.34. The van der Waals surface area contributed by atoms with Gasteiger partial charge in [-0.3, -0.25) is 4.79 Å². The second kappa shape index (κ2) is 6.62. The Morgan fingerprint density at radius 3 is 2.53 bits per heavy atom. The SMILES string of the molecule is C[C@H](/C=C/CCO)CC(=O)OC(C)(C)C. The molecule has 0 aliphatic rings. The topological polar surface area (TPSA) is 46.5 Å². The van der Waals surface area contributed by atoms with E-state index in [1.165, 1.54) is 0 Å². The lowest BCUT2D eigenvalue weighted by atomic mass is 10.1. The minimum absolute atomic E-state index is 0.148. The van der Waals surface area contributed by atoms with Crippen molar-refractivity contribution in [2.24, 2.45) is 5.92 Å². The van der Waals surface area contributed by atoms with Crippen LogP contribution in [0.1, 0.15) is 40.5 Å². The lowest BCUT2D eigenvalue weighted by Gasteiger charge is -2.20. The summed E-state index contributed by atoms with van der Waals surface area (Å²) < 4.78 is 5.19. The number of carbonyl (C=O) groups excluding carboxylic acids is 1. The van der Waals surface area contributed by atoms with Gasteiger partial charge in [-0.25, -0.2) is 0 Å². The van der Waals surface area contributed by atoms with Crippen LogP contribution in [0.3, 0.4) is 0 Å². The van der Waals surface area contributed by atoms with Gasteiger partial charge in [-0.05, 0) is 33.1 Å². The molecule has 0 radical (unpaired) electrons. The Bertz CT molecular complexity index is 213. The van der Waals surface area contributed by atoms with Crippen molar-refractivity contribution < 1.29 is 14.6 Å². The van der Waals surface area contributed by atoms with Crippen LogP contribution in [0.25, 0.3) is 0 Å². The van der Waals surface area contributed by atoms with Crippen LogP contribution < -0.4 is 0 Å². The maximum absolute atomic E-state index is 11.4. The Morgan fingerprint density at radius 2 is 2.07 bits per heavy atom. The molecule has 0 rings (SSSR count). The quantitative estimate of drug-likeness (QED) is 0.564. The Morgan fingerprint density at radius 1 is 1.47 bits per heavy atom. The van der Waals surface area contributed by atoms with Crippen molar-refractivity contribution in [2.45, 2.75) is 46.1 Å². The molecular weight excluding hydrogens is 192 g/mol. The van der Waals surface area contributed by atoms with E-state index in [-0.39, 0.29) is 18.5 Å². The molecule has 0 fully saturated rings. The Hall–Kier alpha value is -0.830. The monoisotopic (exact) mass is 214 g/mol. The molecule has 88 valence electrons. The Labute approximate surface area is 92.1 Å². The molecule has 0 aromatic heterocycles. The predicted molar refractivity (Wildman–Crippen MR) is 60.5 cm³/mol. The first-order valence-corrected chi connectivity index (χ1v) is 5.34. The minimum atomic E-state index is -0.411. The lowest BCUT2D eigenvalue weighted by Crippen LogP contribution is -2.24. The molecule has 1 N–H and O–H groups in total. The highest BCUT2D eigenvalue weighted by molar-refractivity contribution is 5.70. The molecule has 0 amide bonds. The van der Waals surface area contributed by atoms with Gasteiger partial charge in [-0.2, -0.15) is 0 Å². The van der Waals surface area contributed by atoms with Gasteiger partial charge in [0.25, 0.3) is 0 Å². The smallest absolute Gasteiger partial charge is 0.306 e. The third-order valence-corrected chi connectivity index (χ3v) is 1.67. The molecule has 1 atom stereocenters. The van der Waals surface area contributed by atoms with E-state index in [9.17, 15) is 4.79 Å². The van der Waals surface area contributed by atoms with Crippen LogP contribution in [0.4, 0.5) is 0 Å². The van der Waals surface area contributed by atoms with Crippen LogP contribution in [0.2, 0.25) is 0 Å². The number of aliphatic hydroxyl groups is 1. The zero-order valence-corrected chi connectivity index (χ0v) is 10.1. The second-order valence-electron chi connectivity index (χ2n) is 4.71. The summed E-state index contributed by atoms with van der Waals surface area (Å²) in [6, 6.07) is 0. The van der Waals surface area contributed by atoms with Gasteiger partial charge in [0.1, 0.15) is 5.60 Å². The molecule has 0 bridgehead atoms. The molecule has 0 spiro atoms. The summed E-state index contributed by atoms with van der Waals surface area (Å²) in [6.07, 6.45) is 4.84. The molecular formula is C12H22O3. The van der Waals surface area contributed by atoms with Gasteiger partial charge in [0.2, 0.25) is 0 Å². The van der Waals surface area contributed by atoms with Gasteiger partial charge >= 0.3 is 5.97 Å². The molecule has 0 unspecified atom stereocenters. The number of esters is 1. The Balaban J connectivity index is 3.86. The van der Waals surface area contributed by atoms with Crippen LogP contribution >= 0.6 is 0 Å². The van der Waals surface area contributed by atoms with Gasteiger partial charge in [-0.1, -0.05) is 19.1 Å². The molecule has 0 aromatic rings. The number of hydrogen-bond donors (Lipinski definition) is 1. The molecule has 0 aliphatic carbocycles. The summed E-state index contributed by atoms with van der Waals surface area (Å²) in [5.74, 6) is -0.0185. The van der Waals surface area contributed by atoms with Crippen molar-refractivity contribution in [3.05, 3.63) is 12.2 Å². The average molecular weight is 214 g/mol. The zero-order chi connectivity index (χ0) is 11.9. The second-order valence-corrected chi connectivity index (χ2v) is 4.71. The van der Waals surface area contributed by atoms with E-state index in [2.05, 4.69) is 0 Å². The molecule has 0 aromatic carbocycles. The fourth-order valence-corrected chi connectivity index (χ4v) is 1.12. The van der Waals surface area contributed by atoms with Gasteiger partial charge < -0.3 is 9.84 Å². The minimum Gasteiger partial charge on any atom is -0.460 e. The largest absolute Gasteiger partial charge is 0.460 e. The lowest BCUT2D eigenvalue weighted by molar-refractivity contribution is -0.155. The number of hydrogen-bond acceptors (Lipinski definition) is 3. The highest BCUT2D eigenvalue weighted by Crippen LogP contribution is 2.12. The average Bonchev–Trinajstić information content (AvgIpc) is 2.00. The highest BCUT2D eigenvalue weighted by Gasteiger charge is 2.17. The van der Waals surface area contributed by atoms with Crippen molar-refractivity contribution >= 4 is 5.97 Å².